The second-order valence-corrected chi connectivity index (χ2v) is 18.1. The third kappa shape index (κ3) is 8.97. The number of rotatable bonds is 12. The molecule has 0 heterocycles. The SMILES string of the molecule is c1ccc(-c2ccc(N(c3ccc(-c4ccc(N(c5cc(-c6ccccc6)cc(-c6ccccc6)c5)c5cccc6ccccc56)cc4)cc3)c3ccc(-c4ccccc4)c(-c4ccccc4)c3)cc2)cc1. The van der Waals surface area contributed by atoms with Crippen LogP contribution in [0.3, 0.4) is 0 Å². The highest BCUT2D eigenvalue weighted by molar-refractivity contribution is 6.00. The van der Waals surface area contributed by atoms with Gasteiger partial charge in [0.2, 0.25) is 0 Å². The van der Waals surface area contributed by atoms with Crippen LogP contribution in [0.25, 0.3) is 77.5 Å². The molecule has 340 valence electrons. The highest BCUT2D eigenvalue weighted by Gasteiger charge is 2.20. The summed E-state index contributed by atoms with van der Waals surface area (Å²) in [4.78, 5) is 4.79. The molecule has 0 N–H and O–H groups in total. The van der Waals surface area contributed by atoms with Crippen molar-refractivity contribution in [1.29, 1.82) is 0 Å². The van der Waals surface area contributed by atoms with E-state index in [1.54, 1.807) is 0 Å². The Labute approximate surface area is 422 Å². The molecule has 0 fully saturated rings. The molecule has 12 aromatic carbocycles. The Hall–Kier alpha value is -9.50. The van der Waals surface area contributed by atoms with Crippen LogP contribution in [0.4, 0.5) is 34.1 Å². The van der Waals surface area contributed by atoms with Crippen LogP contribution < -0.4 is 9.80 Å². The van der Waals surface area contributed by atoms with Gasteiger partial charge in [-0.15, -0.1) is 0 Å². The Morgan fingerprint density at radius 1 is 0.181 bits per heavy atom. The molecule has 2 nitrogen and oxygen atoms in total. The van der Waals surface area contributed by atoms with E-state index < -0.39 is 0 Å². The zero-order chi connectivity index (χ0) is 48.1. The maximum atomic E-state index is 2.42. The number of nitrogens with zero attached hydrogens (tertiary/aromatic N) is 2. The predicted molar refractivity (Wildman–Crippen MR) is 306 cm³/mol. The van der Waals surface area contributed by atoms with Gasteiger partial charge in [0.25, 0.3) is 0 Å². The maximum Gasteiger partial charge on any atom is 0.0540 e. The van der Waals surface area contributed by atoms with Crippen molar-refractivity contribution in [2.24, 2.45) is 0 Å². The van der Waals surface area contributed by atoms with Crippen molar-refractivity contribution < 1.29 is 0 Å². The van der Waals surface area contributed by atoms with E-state index in [1.807, 2.05) is 0 Å². The van der Waals surface area contributed by atoms with Crippen LogP contribution in [0, 0.1) is 0 Å². The third-order valence-corrected chi connectivity index (χ3v) is 13.6. The molecule has 0 spiro atoms. The molecule has 0 aliphatic heterocycles. The quantitative estimate of drug-likeness (QED) is 0.120. The monoisotopic (exact) mass is 918 g/mol. The predicted octanol–water partition coefficient (Wildman–Crippen LogP) is 19.8. The molecule has 72 heavy (non-hydrogen) atoms. The second-order valence-electron chi connectivity index (χ2n) is 18.1. The summed E-state index contributed by atoms with van der Waals surface area (Å²) in [5, 5.41) is 2.39. The molecule has 0 aliphatic rings. The van der Waals surface area contributed by atoms with Crippen LogP contribution in [-0.4, -0.2) is 0 Å². The fourth-order valence-electron chi connectivity index (χ4n) is 10.0. The van der Waals surface area contributed by atoms with Gasteiger partial charge in [-0.2, -0.15) is 0 Å². The molecule has 0 atom stereocenters. The summed E-state index contributed by atoms with van der Waals surface area (Å²) in [5.74, 6) is 0. The lowest BCUT2D eigenvalue weighted by atomic mass is 9.93. The van der Waals surface area contributed by atoms with Gasteiger partial charge in [0, 0.05) is 33.8 Å². The van der Waals surface area contributed by atoms with Crippen LogP contribution in [0.2, 0.25) is 0 Å². The van der Waals surface area contributed by atoms with Gasteiger partial charge in [-0.3, -0.25) is 0 Å². The van der Waals surface area contributed by atoms with Crippen LogP contribution in [0.15, 0.2) is 303 Å². The molecular formula is C70H50N2. The minimum atomic E-state index is 1.07. The summed E-state index contributed by atoms with van der Waals surface area (Å²) in [6, 6.07) is 110. The standard InChI is InChI=1S/C70H50N2/c1-6-19-51(20-7-1)54-33-39-62(40-34-54)71(65-45-46-67(57-25-12-4-13-26-57)69(50-65)59-27-14-5-15-28-59)63-41-35-55(36-42-63)56-37-43-64(44-38-56)72(70-32-18-30-58-29-16-17-31-68(58)70)66-48-60(52-21-8-2-9-22-52)47-61(49-66)53-23-10-3-11-24-53/h1-50H. The molecule has 0 unspecified atom stereocenters. The first-order valence-corrected chi connectivity index (χ1v) is 24.7. The molecule has 0 bridgehead atoms. The van der Waals surface area contributed by atoms with Gasteiger partial charge < -0.3 is 9.80 Å². The van der Waals surface area contributed by atoms with Gasteiger partial charge in [0.15, 0.2) is 0 Å². The molecule has 2 heteroatoms. The van der Waals surface area contributed by atoms with E-state index in [9.17, 15) is 0 Å². The maximum absolute atomic E-state index is 2.42. The van der Waals surface area contributed by atoms with E-state index >= 15 is 0 Å². The minimum absolute atomic E-state index is 1.07. The first kappa shape index (κ1) is 43.8. The Kier molecular flexibility index (Phi) is 12.1. The fraction of sp³-hybridized carbons (Fsp3) is 0. The Bertz CT molecular complexity index is 3680. The molecule has 0 aliphatic carbocycles. The Morgan fingerprint density at radius 2 is 0.542 bits per heavy atom. The van der Waals surface area contributed by atoms with Crippen molar-refractivity contribution in [2.45, 2.75) is 0 Å². The van der Waals surface area contributed by atoms with Gasteiger partial charge in [0.1, 0.15) is 0 Å². The fourth-order valence-corrected chi connectivity index (χ4v) is 10.0. The minimum Gasteiger partial charge on any atom is -0.310 e. The van der Waals surface area contributed by atoms with E-state index in [2.05, 4.69) is 313 Å². The van der Waals surface area contributed by atoms with Crippen molar-refractivity contribution >= 4 is 44.9 Å². The van der Waals surface area contributed by atoms with Gasteiger partial charge in [-0.05, 0) is 145 Å². The zero-order valence-electron chi connectivity index (χ0n) is 39.8. The van der Waals surface area contributed by atoms with E-state index in [1.165, 1.54) is 66.4 Å². The Morgan fingerprint density at radius 3 is 1.03 bits per heavy atom. The average Bonchev–Trinajstić information content (AvgIpc) is 3.47. The van der Waals surface area contributed by atoms with Gasteiger partial charge in [0.05, 0.1) is 5.69 Å². The average molecular weight is 919 g/mol. The number of benzene rings is 12. The largest absolute Gasteiger partial charge is 0.310 e. The van der Waals surface area contributed by atoms with Crippen LogP contribution in [0.1, 0.15) is 0 Å². The van der Waals surface area contributed by atoms with Gasteiger partial charge in [-0.25, -0.2) is 0 Å². The molecule has 0 radical (unpaired) electrons. The zero-order valence-corrected chi connectivity index (χ0v) is 39.8. The Balaban J connectivity index is 0.941. The van der Waals surface area contributed by atoms with Crippen molar-refractivity contribution in [3.05, 3.63) is 303 Å². The van der Waals surface area contributed by atoms with Crippen molar-refractivity contribution in [3.63, 3.8) is 0 Å². The number of hydrogen-bond donors (Lipinski definition) is 0. The van der Waals surface area contributed by atoms with Crippen LogP contribution >= 0.6 is 0 Å². The number of fused-ring (bicyclic) bond motifs is 1. The van der Waals surface area contributed by atoms with Crippen molar-refractivity contribution in [1.82, 2.24) is 0 Å². The highest BCUT2D eigenvalue weighted by atomic mass is 15.1. The molecule has 0 saturated carbocycles. The molecule has 12 aromatic rings. The number of anilines is 6. The summed E-state index contributed by atoms with van der Waals surface area (Å²) in [7, 11) is 0. The van der Waals surface area contributed by atoms with E-state index in [0.717, 1.165) is 45.3 Å². The summed E-state index contributed by atoms with van der Waals surface area (Å²) < 4.78 is 0. The van der Waals surface area contributed by atoms with Crippen molar-refractivity contribution in [3.8, 4) is 66.8 Å². The summed E-state index contributed by atoms with van der Waals surface area (Å²) in [6.07, 6.45) is 0. The molecule has 0 amide bonds. The molecule has 0 saturated heterocycles. The first-order valence-electron chi connectivity index (χ1n) is 24.7. The lowest BCUT2D eigenvalue weighted by molar-refractivity contribution is 1.28. The summed E-state index contributed by atoms with van der Waals surface area (Å²) >= 11 is 0. The number of hydrogen-bond acceptors (Lipinski definition) is 2. The second kappa shape index (κ2) is 19.8. The van der Waals surface area contributed by atoms with E-state index in [0.29, 0.717) is 0 Å². The normalized spacial score (nSPS) is 11.1. The lowest BCUT2D eigenvalue weighted by Gasteiger charge is -2.28. The smallest absolute Gasteiger partial charge is 0.0540 e. The van der Waals surface area contributed by atoms with E-state index in [4.69, 9.17) is 0 Å². The summed E-state index contributed by atoms with van der Waals surface area (Å²) in [5.41, 5.74) is 20.6. The molecule has 0 aromatic heterocycles. The van der Waals surface area contributed by atoms with Crippen molar-refractivity contribution in [2.75, 3.05) is 9.80 Å². The van der Waals surface area contributed by atoms with Crippen LogP contribution in [0.5, 0.6) is 0 Å². The van der Waals surface area contributed by atoms with E-state index in [-0.39, 0.29) is 0 Å². The molecule has 12 rings (SSSR count). The van der Waals surface area contributed by atoms with Gasteiger partial charge >= 0.3 is 0 Å². The summed E-state index contributed by atoms with van der Waals surface area (Å²) in [6.45, 7) is 0. The van der Waals surface area contributed by atoms with Gasteiger partial charge in [-0.1, -0.05) is 231 Å². The molecular weight excluding hydrogens is 869 g/mol. The highest BCUT2D eigenvalue weighted by Crippen LogP contribution is 2.45. The third-order valence-electron chi connectivity index (χ3n) is 13.6. The van der Waals surface area contributed by atoms with Crippen LogP contribution in [-0.2, 0) is 0 Å². The first-order chi connectivity index (χ1) is 35.7. The lowest BCUT2D eigenvalue weighted by Crippen LogP contribution is -2.11. The topological polar surface area (TPSA) is 6.48 Å².